The number of hydrogen-bond donors (Lipinski definition) is 0. The van der Waals surface area contributed by atoms with Gasteiger partial charge in [-0.1, -0.05) is 201 Å². The van der Waals surface area contributed by atoms with Crippen LogP contribution in [0.1, 0.15) is 132 Å². The molecule has 0 radical (unpaired) electrons. The molecule has 0 atom stereocenters. The number of nitrogens with zero attached hydrogens (tertiary/aromatic N) is 2. The molecule has 0 N–H and O–H groups in total. The van der Waals surface area contributed by atoms with Crippen LogP contribution in [-0.4, -0.2) is 6.71 Å². The van der Waals surface area contributed by atoms with Crippen LogP contribution in [0.5, 0.6) is 0 Å². The molecule has 0 aromatic heterocycles. The van der Waals surface area contributed by atoms with Gasteiger partial charge in [0.1, 0.15) is 0 Å². The Morgan fingerprint density at radius 1 is 0.319 bits per heavy atom. The third-order valence-electron chi connectivity index (χ3n) is 15.6. The summed E-state index contributed by atoms with van der Waals surface area (Å²) in [6.07, 6.45) is 0. The zero-order chi connectivity index (χ0) is 48.9. The van der Waals surface area contributed by atoms with Crippen molar-refractivity contribution in [2.24, 2.45) is 0 Å². The van der Waals surface area contributed by atoms with Gasteiger partial charge in [0.15, 0.2) is 0 Å². The van der Waals surface area contributed by atoms with Gasteiger partial charge in [-0.2, -0.15) is 0 Å². The van der Waals surface area contributed by atoms with Crippen LogP contribution < -0.4 is 26.2 Å². The minimum atomic E-state index is -0.133. The summed E-state index contributed by atoms with van der Waals surface area (Å²) in [6, 6.07) is 57.5. The standard InChI is InChI=1S/C66H69BN2/c1-62(2,3)43-23-28-48(29-24-43)68-55-33-26-45(64(7,8)9)36-52(55)67-53-37-46(65(10,11)12)27-34-56(53)69(58-39-47(66(13,14)15)38-57(68)61(58)67)54-32-25-44(63(4,5)6)35-51(54)49-30-21-42-20-19-40-17-16-18-41-22-31-50(49)60(42)59(40)41/h16-39H,1-15H3. The van der Waals surface area contributed by atoms with Crippen LogP contribution in [0.4, 0.5) is 34.1 Å². The van der Waals surface area contributed by atoms with Crippen molar-refractivity contribution in [2.75, 3.05) is 9.80 Å². The van der Waals surface area contributed by atoms with Crippen LogP contribution in [0.15, 0.2) is 146 Å². The molecule has 0 fully saturated rings. The van der Waals surface area contributed by atoms with Crippen LogP contribution in [-0.2, 0) is 27.1 Å². The fourth-order valence-electron chi connectivity index (χ4n) is 11.4. The van der Waals surface area contributed by atoms with Gasteiger partial charge in [0.25, 0.3) is 6.71 Å². The zero-order valence-electron chi connectivity index (χ0n) is 43.8. The van der Waals surface area contributed by atoms with E-state index in [2.05, 4.69) is 259 Å². The lowest BCUT2D eigenvalue weighted by atomic mass is 9.33. The Balaban J connectivity index is 1.28. The summed E-state index contributed by atoms with van der Waals surface area (Å²) in [6.45, 7) is 35.2. The Morgan fingerprint density at radius 3 is 1.29 bits per heavy atom. The molecule has 2 aliphatic rings. The molecule has 9 aromatic carbocycles. The van der Waals surface area contributed by atoms with Crippen molar-refractivity contribution in [3.63, 3.8) is 0 Å². The molecular formula is C66H69BN2. The molecule has 2 aliphatic heterocycles. The zero-order valence-corrected chi connectivity index (χ0v) is 43.8. The summed E-state index contributed by atoms with van der Waals surface area (Å²) in [4.78, 5) is 5.27. The predicted molar refractivity (Wildman–Crippen MR) is 303 cm³/mol. The third-order valence-corrected chi connectivity index (χ3v) is 15.6. The SMILES string of the molecule is CC(C)(C)c1ccc(N2c3ccc(C(C)(C)C)cc3B3c4cc(C(C)(C)C)ccc4N(c4ccc(C(C)(C)C)cc4-c4ccc5ccc6cccc7ccc4c5c67)c4cc(C(C)(C)C)cc2c43)cc1. The summed E-state index contributed by atoms with van der Waals surface area (Å²) in [5.41, 5.74) is 20.4. The van der Waals surface area contributed by atoms with E-state index in [9.17, 15) is 0 Å². The first-order valence-electron chi connectivity index (χ1n) is 25.4. The third kappa shape index (κ3) is 7.28. The van der Waals surface area contributed by atoms with Gasteiger partial charge in [-0.05, 0) is 158 Å². The number of benzene rings is 9. The van der Waals surface area contributed by atoms with Gasteiger partial charge < -0.3 is 9.80 Å². The summed E-state index contributed by atoms with van der Waals surface area (Å²) >= 11 is 0. The van der Waals surface area contributed by atoms with Gasteiger partial charge in [0.05, 0.1) is 5.69 Å². The number of anilines is 6. The molecule has 0 unspecified atom stereocenters. The minimum absolute atomic E-state index is 0.00631. The van der Waals surface area contributed by atoms with Crippen molar-refractivity contribution in [3.8, 4) is 11.1 Å². The molecule has 11 rings (SSSR count). The quantitative estimate of drug-likeness (QED) is 0.129. The molecule has 9 aromatic rings. The highest BCUT2D eigenvalue weighted by molar-refractivity contribution is 7.00. The van der Waals surface area contributed by atoms with Gasteiger partial charge in [-0.15, -0.1) is 0 Å². The Labute approximate surface area is 412 Å². The molecule has 0 saturated carbocycles. The van der Waals surface area contributed by atoms with Gasteiger partial charge in [0, 0.05) is 34.0 Å². The maximum absolute atomic E-state index is 2.67. The smallest absolute Gasteiger partial charge is 0.252 e. The van der Waals surface area contributed by atoms with Crippen molar-refractivity contribution in [2.45, 2.75) is 131 Å². The van der Waals surface area contributed by atoms with Crippen molar-refractivity contribution in [1.82, 2.24) is 0 Å². The lowest BCUT2D eigenvalue weighted by Gasteiger charge is -2.46. The van der Waals surface area contributed by atoms with Crippen LogP contribution >= 0.6 is 0 Å². The van der Waals surface area contributed by atoms with Gasteiger partial charge in [0.2, 0.25) is 0 Å². The molecule has 2 nitrogen and oxygen atoms in total. The predicted octanol–water partition coefficient (Wildman–Crippen LogP) is 16.8. The highest BCUT2D eigenvalue weighted by Crippen LogP contribution is 2.51. The minimum Gasteiger partial charge on any atom is -0.311 e. The van der Waals surface area contributed by atoms with E-state index in [0.717, 1.165) is 0 Å². The highest BCUT2D eigenvalue weighted by atomic mass is 15.2. The van der Waals surface area contributed by atoms with Crippen molar-refractivity contribution in [1.29, 1.82) is 0 Å². The van der Waals surface area contributed by atoms with E-state index in [0.29, 0.717) is 0 Å². The number of fused-ring (bicyclic) bond motifs is 4. The molecule has 0 spiro atoms. The lowest BCUT2D eigenvalue weighted by molar-refractivity contribution is 0.589. The van der Waals surface area contributed by atoms with Crippen molar-refractivity contribution in [3.05, 3.63) is 173 Å². The van der Waals surface area contributed by atoms with E-state index in [1.165, 1.54) is 122 Å². The summed E-state index contributed by atoms with van der Waals surface area (Å²) in [7, 11) is 0. The largest absolute Gasteiger partial charge is 0.311 e. The second kappa shape index (κ2) is 15.1. The molecule has 0 bridgehead atoms. The molecule has 0 saturated heterocycles. The van der Waals surface area contributed by atoms with Crippen LogP contribution in [0.3, 0.4) is 0 Å². The van der Waals surface area contributed by atoms with Crippen LogP contribution in [0, 0.1) is 0 Å². The molecule has 0 amide bonds. The van der Waals surface area contributed by atoms with Crippen molar-refractivity contribution < 1.29 is 0 Å². The molecule has 0 aliphatic carbocycles. The second-order valence-electron chi connectivity index (χ2n) is 25.6. The summed E-state index contributed by atoms with van der Waals surface area (Å²) < 4.78 is 0. The maximum atomic E-state index is 2.67. The Kier molecular flexibility index (Phi) is 9.88. The number of rotatable bonds is 3. The topological polar surface area (TPSA) is 6.48 Å². The average molecular weight is 901 g/mol. The first-order valence-corrected chi connectivity index (χ1v) is 25.4. The maximum Gasteiger partial charge on any atom is 0.252 e. The highest BCUT2D eigenvalue weighted by Gasteiger charge is 2.45. The van der Waals surface area contributed by atoms with E-state index >= 15 is 0 Å². The van der Waals surface area contributed by atoms with Gasteiger partial charge in [-0.25, -0.2) is 0 Å². The fraction of sp³-hybridized carbons (Fsp3) is 0.303. The van der Waals surface area contributed by atoms with E-state index in [1.807, 2.05) is 0 Å². The van der Waals surface area contributed by atoms with E-state index < -0.39 is 0 Å². The van der Waals surface area contributed by atoms with E-state index in [1.54, 1.807) is 0 Å². The first kappa shape index (κ1) is 45.1. The summed E-state index contributed by atoms with van der Waals surface area (Å²) in [5, 5.41) is 7.84. The normalized spacial score (nSPS) is 14.2. The van der Waals surface area contributed by atoms with Gasteiger partial charge >= 0.3 is 0 Å². The molecule has 3 heteroatoms. The first-order chi connectivity index (χ1) is 32.4. The van der Waals surface area contributed by atoms with E-state index in [4.69, 9.17) is 0 Å². The Morgan fingerprint density at radius 2 is 0.754 bits per heavy atom. The van der Waals surface area contributed by atoms with E-state index in [-0.39, 0.29) is 33.8 Å². The fourth-order valence-corrected chi connectivity index (χ4v) is 11.4. The molecule has 346 valence electrons. The van der Waals surface area contributed by atoms with Crippen LogP contribution in [0.25, 0.3) is 43.4 Å². The lowest BCUT2D eigenvalue weighted by Crippen LogP contribution is -2.62. The van der Waals surface area contributed by atoms with Crippen LogP contribution in [0.2, 0.25) is 0 Å². The second-order valence-corrected chi connectivity index (χ2v) is 25.6. The summed E-state index contributed by atoms with van der Waals surface area (Å²) in [5.74, 6) is 0. The Bertz CT molecular complexity index is 3500. The monoisotopic (exact) mass is 901 g/mol. The van der Waals surface area contributed by atoms with Crippen molar-refractivity contribution >= 4 is 89.5 Å². The molecule has 2 heterocycles. The Hall–Kier alpha value is -6.32. The molecular weight excluding hydrogens is 832 g/mol. The van der Waals surface area contributed by atoms with Gasteiger partial charge in [-0.3, -0.25) is 0 Å². The average Bonchev–Trinajstić information content (AvgIpc) is 3.28. The molecule has 69 heavy (non-hydrogen) atoms. The number of hydrogen-bond acceptors (Lipinski definition) is 2.